The van der Waals surface area contributed by atoms with Crippen molar-refractivity contribution in [3.8, 4) is 5.75 Å². The average molecular weight is 472 g/mol. The summed E-state index contributed by atoms with van der Waals surface area (Å²) in [5.74, 6) is 0.169. The number of phenolic OH excluding ortho intramolecular Hbond substituents is 1. The number of phenols is 1. The monoisotopic (exact) mass is 471 g/mol. The predicted octanol–water partition coefficient (Wildman–Crippen LogP) is 4.40. The molecule has 1 amide bonds. The van der Waals surface area contributed by atoms with Crippen molar-refractivity contribution in [3.63, 3.8) is 0 Å². The number of hydrogen-bond donors (Lipinski definition) is 3. The van der Waals surface area contributed by atoms with E-state index in [9.17, 15) is 14.3 Å². The molecule has 2 aromatic rings. The van der Waals surface area contributed by atoms with Crippen LogP contribution in [0, 0.1) is 11.7 Å². The number of nitrogens with two attached hydrogens (primary N) is 1. The van der Waals surface area contributed by atoms with Gasteiger partial charge >= 0.3 is 0 Å². The van der Waals surface area contributed by atoms with Gasteiger partial charge in [0, 0.05) is 25.7 Å². The van der Waals surface area contributed by atoms with Gasteiger partial charge in [0.1, 0.15) is 11.6 Å². The molecule has 2 aromatic carbocycles. The summed E-state index contributed by atoms with van der Waals surface area (Å²) in [6, 6.07) is 11.5. The summed E-state index contributed by atoms with van der Waals surface area (Å²) in [5.41, 5.74) is 9.09. The summed E-state index contributed by atoms with van der Waals surface area (Å²) in [4.78, 5) is 15.1. The first-order chi connectivity index (χ1) is 15.8. The van der Waals surface area contributed by atoms with Gasteiger partial charge in [0.25, 0.3) is 0 Å². The maximum Gasteiger partial charge on any atom is 0.239 e. The van der Waals surface area contributed by atoms with Crippen molar-refractivity contribution in [1.29, 1.82) is 0 Å². The van der Waals surface area contributed by atoms with Crippen LogP contribution in [0.3, 0.4) is 0 Å². The van der Waals surface area contributed by atoms with E-state index in [2.05, 4.69) is 26.1 Å². The maximum atomic E-state index is 13.3. The Morgan fingerprint density at radius 2 is 1.65 bits per heavy atom. The average Bonchev–Trinajstić information content (AvgIpc) is 2.75. The summed E-state index contributed by atoms with van der Waals surface area (Å²) in [6.45, 7) is 12.8. The van der Waals surface area contributed by atoms with Crippen LogP contribution in [0.1, 0.15) is 58.2 Å². The fraction of sp³-hybridized carbons (Fsp3) is 0.536. The van der Waals surface area contributed by atoms with Crippen LogP contribution in [0.25, 0.3) is 0 Å². The predicted molar refractivity (Wildman–Crippen MR) is 137 cm³/mol. The van der Waals surface area contributed by atoms with E-state index in [1.165, 1.54) is 12.1 Å². The third-order valence-electron chi connectivity index (χ3n) is 6.35. The van der Waals surface area contributed by atoms with Gasteiger partial charge in [0.15, 0.2) is 0 Å². The number of nitrogens with one attached hydrogen (secondary N) is 1. The van der Waals surface area contributed by atoms with Crippen molar-refractivity contribution >= 4 is 5.91 Å². The highest BCUT2D eigenvalue weighted by molar-refractivity contribution is 5.82. The zero-order valence-corrected chi connectivity index (χ0v) is 21.7. The van der Waals surface area contributed by atoms with Gasteiger partial charge in [-0.05, 0) is 66.0 Å². The number of aromatic hydroxyl groups is 1. The number of carbonyl (C=O) groups excluding carboxylic acids is 1. The van der Waals surface area contributed by atoms with E-state index < -0.39 is 0 Å². The van der Waals surface area contributed by atoms with Crippen molar-refractivity contribution in [2.75, 3.05) is 13.6 Å². The van der Waals surface area contributed by atoms with Crippen molar-refractivity contribution < 1.29 is 14.3 Å². The third kappa shape index (κ3) is 7.81. The molecular weight excluding hydrogens is 429 g/mol. The van der Waals surface area contributed by atoms with Gasteiger partial charge in [-0.2, -0.15) is 0 Å². The topological polar surface area (TPSA) is 78.6 Å². The molecule has 188 valence electrons. The smallest absolute Gasteiger partial charge is 0.239 e. The number of halogens is 1. The van der Waals surface area contributed by atoms with E-state index in [0.29, 0.717) is 25.1 Å². The van der Waals surface area contributed by atoms with Gasteiger partial charge < -0.3 is 21.1 Å². The molecule has 4 N–H and O–H groups in total. The Bertz CT molecular complexity index is 938. The van der Waals surface area contributed by atoms with Crippen molar-refractivity contribution in [3.05, 3.63) is 65.0 Å². The number of amides is 1. The first-order valence-corrected chi connectivity index (χ1v) is 12.1. The normalized spacial score (nSPS) is 14.6. The highest BCUT2D eigenvalue weighted by Gasteiger charge is 2.28. The SMILES string of the molecule is CC(C)C(NCC(N)Cc1ccc(F)cc1)C(=O)N(C)C(C)Cc1ccc(O)c(C(C)(C)C)c1. The molecule has 34 heavy (non-hydrogen) atoms. The summed E-state index contributed by atoms with van der Waals surface area (Å²) in [7, 11) is 1.84. The minimum absolute atomic E-state index is 0.0131. The lowest BCUT2D eigenvalue weighted by Crippen LogP contribution is -2.53. The van der Waals surface area contributed by atoms with Crippen LogP contribution in [0.15, 0.2) is 42.5 Å². The number of rotatable bonds is 10. The van der Waals surface area contributed by atoms with Gasteiger partial charge in [0.2, 0.25) is 5.91 Å². The fourth-order valence-corrected chi connectivity index (χ4v) is 4.11. The second kappa shape index (κ2) is 11.8. The van der Waals surface area contributed by atoms with Gasteiger partial charge in [-0.3, -0.25) is 4.79 Å². The van der Waals surface area contributed by atoms with Crippen LogP contribution in [-0.4, -0.2) is 47.6 Å². The second-order valence-electron chi connectivity index (χ2n) is 10.8. The summed E-state index contributed by atoms with van der Waals surface area (Å²) in [6.07, 6.45) is 1.30. The van der Waals surface area contributed by atoms with Gasteiger partial charge in [-0.15, -0.1) is 0 Å². The Hall–Kier alpha value is -2.44. The molecule has 5 nitrogen and oxygen atoms in total. The van der Waals surface area contributed by atoms with Crippen LogP contribution in [0.2, 0.25) is 0 Å². The summed E-state index contributed by atoms with van der Waals surface area (Å²) < 4.78 is 13.1. The van der Waals surface area contributed by atoms with E-state index in [4.69, 9.17) is 5.73 Å². The Balaban J connectivity index is 2.00. The minimum atomic E-state index is -0.350. The molecule has 0 spiro atoms. The third-order valence-corrected chi connectivity index (χ3v) is 6.35. The molecule has 0 aliphatic rings. The molecule has 0 aliphatic carbocycles. The first kappa shape index (κ1) is 27.8. The van der Waals surface area contributed by atoms with E-state index in [0.717, 1.165) is 16.7 Å². The first-order valence-electron chi connectivity index (χ1n) is 12.1. The fourth-order valence-electron chi connectivity index (χ4n) is 4.11. The second-order valence-corrected chi connectivity index (χ2v) is 10.8. The molecule has 0 radical (unpaired) electrons. The van der Waals surface area contributed by atoms with E-state index in [1.54, 1.807) is 23.1 Å². The lowest BCUT2D eigenvalue weighted by Gasteiger charge is -2.32. The Morgan fingerprint density at radius 1 is 1.06 bits per heavy atom. The van der Waals surface area contributed by atoms with Crippen molar-refractivity contribution in [2.45, 2.75) is 77.9 Å². The quantitative estimate of drug-likeness (QED) is 0.480. The molecule has 0 fully saturated rings. The van der Waals surface area contributed by atoms with Crippen LogP contribution in [0.4, 0.5) is 4.39 Å². The molecular formula is C28H42FN3O2. The molecule has 0 bridgehead atoms. The summed E-state index contributed by atoms with van der Waals surface area (Å²) >= 11 is 0. The molecule has 0 aromatic heterocycles. The lowest BCUT2D eigenvalue weighted by molar-refractivity contribution is -0.135. The van der Waals surface area contributed by atoms with Gasteiger partial charge in [-0.1, -0.05) is 58.9 Å². The van der Waals surface area contributed by atoms with Crippen LogP contribution in [0.5, 0.6) is 5.75 Å². The lowest BCUT2D eigenvalue weighted by atomic mass is 9.85. The Morgan fingerprint density at radius 3 is 2.21 bits per heavy atom. The van der Waals surface area contributed by atoms with Crippen LogP contribution < -0.4 is 11.1 Å². The number of nitrogens with zero attached hydrogens (tertiary/aromatic N) is 1. The molecule has 3 unspecified atom stereocenters. The van der Waals surface area contributed by atoms with Crippen molar-refractivity contribution in [2.24, 2.45) is 11.7 Å². The zero-order valence-electron chi connectivity index (χ0n) is 21.7. The van der Waals surface area contributed by atoms with Crippen molar-refractivity contribution in [1.82, 2.24) is 10.2 Å². The highest BCUT2D eigenvalue weighted by Crippen LogP contribution is 2.31. The van der Waals surface area contributed by atoms with Crippen LogP contribution in [-0.2, 0) is 23.1 Å². The molecule has 6 heteroatoms. The number of hydrogen-bond acceptors (Lipinski definition) is 4. The van der Waals surface area contributed by atoms with Crippen LogP contribution >= 0.6 is 0 Å². The van der Waals surface area contributed by atoms with E-state index in [-0.39, 0.29) is 41.2 Å². The number of carbonyl (C=O) groups is 1. The Kier molecular flexibility index (Phi) is 9.65. The molecule has 2 rings (SSSR count). The summed E-state index contributed by atoms with van der Waals surface area (Å²) in [5, 5.41) is 13.6. The van der Waals surface area contributed by atoms with E-state index in [1.807, 2.05) is 40.0 Å². The molecule has 0 saturated heterocycles. The standard InChI is InChI=1S/C28H42FN3O2/c1-18(2)26(31-17-23(30)15-20-8-11-22(29)12-9-20)27(34)32(7)19(3)14-21-10-13-25(33)24(16-21)28(4,5)6/h8-13,16,18-19,23,26,31,33H,14-15,17,30H2,1-7H3. The number of benzene rings is 2. The zero-order chi connectivity index (χ0) is 25.6. The van der Waals surface area contributed by atoms with Gasteiger partial charge in [0.05, 0.1) is 6.04 Å². The molecule has 3 atom stereocenters. The highest BCUT2D eigenvalue weighted by atomic mass is 19.1. The largest absolute Gasteiger partial charge is 0.508 e. The minimum Gasteiger partial charge on any atom is -0.508 e. The molecule has 0 saturated carbocycles. The molecule has 0 heterocycles. The maximum absolute atomic E-state index is 13.3. The van der Waals surface area contributed by atoms with Gasteiger partial charge in [-0.25, -0.2) is 4.39 Å². The molecule has 0 aliphatic heterocycles. The van der Waals surface area contributed by atoms with E-state index >= 15 is 0 Å². The Labute approximate surface area is 204 Å². The number of likely N-dealkylation sites (N-methyl/N-ethyl adjacent to an activating group) is 1.